The summed E-state index contributed by atoms with van der Waals surface area (Å²) < 4.78 is 216. The van der Waals surface area contributed by atoms with Crippen LogP contribution >= 0.6 is 0 Å². The molecule has 2 N–H and O–H groups in total. The first-order valence-corrected chi connectivity index (χ1v) is 42.0. The third-order valence-corrected chi connectivity index (χ3v) is 18.3. The van der Waals surface area contributed by atoms with Gasteiger partial charge in [0, 0.05) is 78.6 Å². The van der Waals surface area contributed by atoms with Crippen LogP contribution in [0.3, 0.4) is 0 Å². The predicted octanol–water partition coefficient (Wildman–Crippen LogP) is 12.8. The van der Waals surface area contributed by atoms with Crippen molar-refractivity contribution in [3.8, 4) is 56.4 Å². The fourth-order valence-corrected chi connectivity index (χ4v) is 11.8. The van der Waals surface area contributed by atoms with Crippen LogP contribution in [0, 0.1) is 42.3 Å². The molecule has 0 atom stereocenters. The zero-order chi connectivity index (χ0) is 92.7. The number of nitrogens with one attached hydrogen (secondary N) is 1. The average molecular weight is 2030 g/mol. The van der Waals surface area contributed by atoms with Gasteiger partial charge in [-0.15, -0.1) is 29.4 Å². The van der Waals surface area contributed by atoms with Crippen LogP contribution in [0.25, 0.3) is 56.4 Å². The number of benzene rings is 4. The molecule has 0 saturated heterocycles. The minimum Gasteiger partial charge on any atom is -0.481 e. The monoisotopic (exact) mass is 2030 g/mol. The number of halogens is 10. The van der Waals surface area contributed by atoms with Crippen LogP contribution in [0.15, 0.2) is 146 Å². The van der Waals surface area contributed by atoms with Crippen LogP contribution in [0.5, 0.6) is 0 Å². The summed E-state index contributed by atoms with van der Waals surface area (Å²) in [4.78, 5) is 55.1. The van der Waals surface area contributed by atoms with E-state index in [1.807, 2.05) is 84.4 Å². The number of carboxylic acids is 1. The molecule has 0 fully saturated rings. The molecule has 0 unspecified atom stereocenters. The van der Waals surface area contributed by atoms with Crippen molar-refractivity contribution in [3.63, 3.8) is 0 Å². The second kappa shape index (κ2) is 62.7. The number of fused-ring (bicyclic) bond motifs is 5. The van der Waals surface area contributed by atoms with Crippen molar-refractivity contribution in [2.75, 3.05) is 223 Å². The number of carbonyl (C=O) groups is 3. The summed E-state index contributed by atoms with van der Waals surface area (Å²) in [5, 5.41) is 20.7. The largest absolute Gasteiger partial charge is 3.00 e. The van der Waals surface area contributed by atoms with Crippen molar-refractivity contribution in [1.29, 1.82) is 0 Å². The molecule has 10 rings (SSSR count). The fourth-order valence-electron chi connectivity index (χ4n) is 11.8. The van der Waals surface area contributed by atoms with Crippen LogP contribution in [-0.2, 0) is 142 Å². The summed E-state index contributed by atoms with van der Waals surface area (Å²) in [6, 6.07) is 34.7. The molecule has 0 bridgehead atoms. The van der Waals surface area contributed by atoms with Crippen molar-refractivity contribution in [1.82, 2.24) is 40.2 Å². The molecule has 1 aliphatic heterocycles. The number of amides is 2. The number of aliphatic carboxylic acids is 1. The summed E-state index contributed by atoms with van der Waals surface area (Å²) in [6.45, 7) is 17.1. The van der Waals surface area contributed by atoms with Crippen LogP contribution < -0.4 is 10.2 Å². The minimum atomic E-state index is -4.50. The maximum absolute atomic E-state index is 14.1. The molecule has 1 aliphatic rings. The molecule has 5 aromatic heterocycles. The van der Waals surface area contributed by atoms with E-state index in [9.17, 15) is 58.3 Å². The van der Waals surface area contributed by atoms with Crippen LogP contribution in [-0.4, -0.2) is 276 Å². The smallest absolute Gasteiger partial charge is 0.481 e. The average Bonchev–Trinajstić information content (AvgIpc) is 1.65. The van der Waals surface area contributed by atoms with Gasteiger partial charge in [0.05, 0.1) is 265 Å². The summed E-state index contributed by atoms with van der Waals surface area (Å²) in [7, 11) is 0. The number of pyridine rings is 4. The number of ether oxygens (including phenoxy) is 16. The molecule has 4 aromatic carbocycles. The Morgan fingerprint density at radius 1 is 0.435 bits per heavy atom. The number of carbonyl (C=O) groups excluding carboxylic acids is 2. The first-order valence-electron chi connectivity index (χ1n) is 42.0. The first kappa shape index (κ1) is 108. The third kappa shape index (κ3) is 42.4. The Bertz CT molecular complexity index is 4630. The van der Waals surface area contributed by atoms with E-state index in [1.165, 1.54) is 0 Å². The van der Waals surface area contributed by atoms with E-state index >= 15 is 0 Å². The van der Waals surface area contributed by atoms with E-state index in [4.69, 9.17) is 80.9 Å². The van der Waals surface area contributed by atoms with Crippen molar-refractivity contribution in [2.45, 2.75) is 58.0 Å². The Morgan fingerprint density at radius 2 is 0.824 bits per heavy atom. The van der Waals surface area contributed by atoms with Crippen molar-refractivity contribution in [3.05, 3.63) is 209 Å². The van der Waals surface area contributed by atoms with E-state index in [-0.39, 0.29) is 86.8 Å². The minimum absolute atomic E-state index is 0. The summed E-state index contributed by atoms with van der Waals surface area (Å²) in [5.41, 5.74) is 6.24. The maximum Gasteiger partial charge on any atom is 3.00 e. The number of aryl methyl sites for hydroxylation is 2. The second-order valence-corrected chi connectivity index (χ2v) is 27.9. The normalized spacial score (nSPS) is 11.8. The standard InChI is InChI=1S/C67H97N7O20.2C12H5F5N.Ir/c1-55-12-16-68-60(52-55)61-53-56(13-17-69-61)10-11-63(75)70-18-14-64(76)73-54-57-6-2-3-7-58(57)67-66(59-8-4-5-9-62(59)73)71-72-74(67)19-21-80-23-25-82-27-29-84-31-33-86-35-37-88-39-41-90-43-45-92-47-49-94-51-50-93-48-46-91-44-42-89-40-38-87-36-34-85-32-30-83-28-26-81-24-22-79-20-15-65(77)78;2*13-8-2-3-9(10(14)5-8)11-4-1-7(6-18-11)12(15,16)17;/h2-9,12-13,16-17,52-53H,10-11,14-15,18-51,54H2,1H3,(H,70,75)(H,77,78);2*1-2,4-6H;/q;2*-1;+3. The summed E-state index contributed by atoms with van der Waals surface area (Å²) >= 11 is 0. The van der Waals surface area contributed by atoms with Gasteiger partial charge in [-0.1, -0.05) is 95.2 Å². The topological polar surface area (TPSA) is 317 Å². The van der Waals surface area contributed by atoms with Gasteiger partial charge in [0.1, 0.15) is 5.69 Å². The number of hydrogen-bond donors (Lipinski definition) is 2. The molecule has 0 radical (unpaired) electrons. The Hall–Kier alpha value is -9.66. The molecule has 0 aliphatic carbocycles. The van der Waals surface area contributed by atoms with Gasteiger partial charge in [-0.05, 0) is 71.8 Å². The molecule has 131 heavy (non-hydrogen) atoms. The maximum atomic E-state index is 14.1. The zero-order valence-electron chi connectivity index (χ0n) is 72.3. The SMILES string of the molecule is Cc1ccnc(-c2cc(CCC(=O)NCCC(=O)N3Cc4ccccc4-c4c(nnn4CCOCCOCCOCCOCCOCCOCCOCCOCCOCCOCCOCCOCCOCCOCCOCCOCCC(=O)O)-c4ccccc43)ccn2)c1.Fc1c[c-]c(-c2ccc(C(F)(F)F)cn2)c(F)c1.Fc1c[c-]c(-c2ccc(C(F)(F)F)cn2)c(F)c1.[Ir+3]. The molecule has 0 spiro atoms. The van der Waals surface area contributed by atoms with Crippen LogP contribution in [0.2, 0.25) is 0 Å². The van der Waals surface area contributed by atoms with Gasteiger partial charge in [-0.2, -0.15) is 26.3 Å². The number of para-hydroxylation sites is 1. The van der Waals surface area contributed by atoms with E-state index in [1.54, 1.807) is 17.3 Å². The Labute approximate surface area is 766 Å². The Balaban J connectivity index is 0.000000516. The van der Waals surface area contributed by atoms with Gasteiger partial charge in [0.25, 0.3) is 0 Å². The third-order valence-electron chi connectivity index (χ3n) is 18.3. The van der Waals surface area contributed by atoms with Gasteiger partial charge >= 0.3 is 38.4 Å². The number of anilines is 1. The molecule has 2 amide bonds. The van der Waals surface area contributed by atoms with Crippen molar-refractivity contribution in [2.24, 2.45) is 0 Å². The number of nitrogens with zero attached hydrogens (tertiary/aromatic N) is 8. The van der Waals surface area contributed by atoms with E-state index in [2.05, 4.69) is 47.7 Å². The molecule has 714 valence electrons. The number of rotatable bonds is 60. The van der Waals surface area contributed by atoms with E-state index in [0.29, 0.717) is 255 Å². The summed E-state index contributed by atoms with van der Waals surface area (Å²) in [5.74, 6) is -4.62. The Kier molecular flexibility index (Phi) is 51.9. The second-order valence-electron chi connectivity index (χ2n) is 27.9. The molecule has 29 nitrogen and oxygen atoms in total. The van der Waals surface area contributed by atoms with Gasteiger partial charge in [-0.3, -0.25) is 41.9 Å². The number of alkyl halides is 6. The zero-order valence-corrected chi connectivity index (χ0v) is 74.7. The van der Waals surface area contributed by atoms with Gasteiger partial charge in [-0.25, -0.2) is 4.68 Å². The fraction of sp³-hybridized carbons (Fsp3) is 0.462. The molecule has 9 aromatic rings. The predicted molar refractivity (Wildman–Crippen MR) is 452 cm³/mol. The van der Waals surface area contributed by atoms with Crippen molar-refractivity contribution < 1.29 is 159 Å². The summed E-state index contributed by atoms with van der Waals surface area (Å²) in [6.07, 6.45) is -3.41. The first-order chi connectivity index (χ1) is 63.1. The van der Waals surface area contributed by atoms with E-state index in [0.717, 1.165) is 87.0 Å². The molecule has 40 heteroatoms. The number of hydrogen-bond acceptors (Lipinski definition) is 25. The molecular weight excluding hydrogens is 1920 g/mol. The van der Waals surface area contributed by atoms with Gasteiger partial charge < -0.3 is 101 Å². The van der Waals surface area contributed by atoms with Gasteiger partial charge in [0.2, 0.25) is 11.8 Å². The van der Waals surface area contributed by atoms with Gasteiger partial charge in [0.15, 0.2) is 0 Å². The molecule has 6 heterocycles. The number of aromatic nitrogens is 7. The Morgan fingerprint density at radius 3 is 1.22 bits per heavy atom. The molecule has 0 saturated carbocycles. The van der Waals surface area contributed by atoms with Crippen LogP contribution in [0.4, 0.5) is 49.6 Å². The van der Waals surface area contributed by atoms with E-state index < -0.39 is 52.7 Å². The number of carboxylic acid groups (broad SMARTS) is 1. The van der Waals surface area contributed by atoms with Crippen molar-refractivity contribution >= 4 is 23.5 Å². The van der Waals surface area contributed by atoms with Crippen LogP contribution in [0.1, 0.15) is 47.1 Å². The molecular formula is C91H107F10IrN9O20+. The quantitative estimate of drug-likeness (QED) is 0.0203.